The second kappa shape index (κ2) is 9.18. The van der Waals surface area contributed by atoms with Crippen LogP contribution in [0.25, 0.3) is 0 Å². The summed E-state index contributed by atoms with van der Waals surface area (Å²) in [5.74, 6) is 0.696. The van der Waals surface area contributed by atoms with Crippen LogP contribution in [-0.4, -0.2) is 37.8 Å². The van der Waals surface area contributed by atoms with E-state index in [0.717, 1.165) is 24.0 Å². The maximum absolute atomic E-state index is 12.6. The molecule has 0 bridgehead atoms. The molecule has 1 atom stereocenters. The summed E-state index contributed by atoms with van der Waals surface area (Å²) in [5.41, 5.74) is 2.65. The smallest absolute Gasteiger partial charge is 0.265 e. The fraction of sp³-hybridized carbons (Fsp3) is 0.435. The molecule has 0 radical (unpaired) electrons. The Balaban J connectivity index is 1.67. The van der Waals surface area contributed by atoms with Gasteiger partial charge in [0.2, 0.25) is 10.0 Å². The van der Waals surface area contributed by atoms with Gasteiger partial charge in [-0.3, -0.25) is 4.79 Å². The first-order chi connectivity index (χ1) is 14.2. The molecule has 1 heterocycles. The maximum atomic E-state index is 12.6. The van der Waals surface area contributed by atoms with E-state index in [1.165, 1.54) is 16.4 Å². The molecule has 1 amide bonds. The van der Waals surface area contributed by atoms with E-state index >= 15 is 0 Å². The van der Waals surface area contributed by atoms with E-state index in [-0.39, 0.29) is 16.7 Å². The van der Waals surface area contributed by atoms with Gasteiger partial charge in [-0.15, -0.1) is 0 Å². The van der Waals surface area contributed by atoms with Crippen molar-refractivity contribution >= 4 is 21.6 Å². The second-order valence-electron chi connectivity index (χ2n) is 8.08. The fourth-order valence-electron chi connectivity index (χ4n) is 3.50. The Kier molecular flexibility index (Phi) is 6.83. The predicted molar refractivity (Wildman–Crippen MR) is 118 cm³/mol. The van der Waals surface area contributed by atoms with Crippen LogP contribution in [0.3, 0.4) is 0 Å². The molecule has 1 saturated heterocycles. The lowest BCUT2D eigenvalue weighted by atomic mass is 10.0. The van der Waals surface area contributed by atoms with Crippen molar-refractivity contribution in [3.8, 4) is 5.75 Å². The molecule has 30 heavy (non-hydrogen) atoms. The summed E-state index contributed by atoms with van der Waals surface area (Å²) in [5, 5.41) is 2.80. The average molecular weight is 431 g/mol. The maximum Gasteiger partial charge on any atom is 0.265 e. The minimum absolute atomic E-state index is 0.244. The average Bonchev–Trinajstić information content (AvgIpc) is 3.24. The summed E-state index contributed by atoms with van der Waals surface area (Å²) in [6.07, 6.45) is 1.09. The zero-order chi connectivity index (χ0) is 21.9. The third kappa shape index (κ3) is 5.02. The summed E-state index contributed by atoms with van der Waals surface area (Å²) in [7, 11) is -3.46. The standard InChI is InChI=1S/C23H30N2O4S/c1-16(2)21-12-7-17(3)15-22(21)29-18(4)23(26)24-19-8-10-20(11-9-19)30(27,28)25-13-5-6-14-25/h7-12,15-16,18H,5-6,13-14H2,1-4H3,(H,24,26)/t18-/m1/s1. The van der Waals surface area contributed by atoms with Crippen LogP contribution in [0.4, 0.5) is 5.69 Å². The van der Waals surface area contributed by atoms with Gasteiger partial charge in [0.05, 0.1) is 4.90 Å². The monoisotopic (exact) mass is 430 g/mol. The highest BCUT2D eigenvalue weighted by atomic mass is 32.2. The number of aryl methyl sites for hydroxylation is 1. The lowest BCUT2D eigenvalue weighted by Gasteiger charge is -2.19. The molecule has 1 aliphatic rings. The van der Waals surface area contributed by atoms with Crippen molar-refractivity contribution in [3.05, 3.63) is 53.6 Å². The van der Waals surface area contributed by atoms with E-state index < -0.39 is 16.1 Å². The van der Waals surface area contributed by atoms with E-state index in [1.54, 1.807) is 19.1 Å². The van der Waals surface area contributed by atoms with Crippen molar-refractivity contribution in [1.29, 1.82) is 0 Å². The first-order valence-electron chi connectivity index (χ1n) is 10.4. The largest absolute Gasteiger partial charge is 0.481 e. The van der Waals surface area contributed by atoms with Crippen LogP contribution in [0.2, 0.25) is 0 Å². The van der Waals surface area contributed by atoms with Crippen LogP contribution >= 0.6 is 0 Å². The number of amides is 1. The molecule has 0 aromatic heterocycles. The van der Waals surface area contributed by atoms with Gasteiger partial charge < -0.3 is 10.1 Å². The van der Waals surface area contributed by atoms with Crippen molar-refractivity contribution in [2.75, 3.05) is 18.4 Å². The van der Waals surface area contributed by atoms with Crippen molar-refractivity contribution in [3.63, 3.8) is 0 Å². The Morgan fingerprint density at radius 2 is 1.67 bits per heavy atom. The van der Waals surface area contributed by atoms with Crippen molar-refractivity contribution < 1.29 is 17.9 Å². The van der Waals surface area contributed by atoms with Crippen LogP contribution in [0.1, 0.15) is 50.7 Å². The van der Waals surface area contributed by atoms with Crippen LogP contribution in [0, 0.1) is 6.92 Å². The molecular formula is C23H30N2O4S. The number of carbonyl (C=O) groups excluding carboxylic acids is 1. The third-order valence-corrected chi connectivity index (χ3v) is 7.20. The number of ether oxygens (including phenoxy) is 1. The number of hydrogen-bond acceptors (Lipinski definition) is 4. The molecule has 7 heteroatoms. The highest BCUT2D eigenvalue weighted by Crippen LogP contribution is 2.28. The minimum Gasteiger partial charge on any atom is -0.481 e. The molecule has 2 aromatic carbocycles. The third-order valence-electron chi connectivity index (χ3n) is 5.29. The lowest BCUT2D eigenvalue weighted by Crippen LogP contribution is -2.30. The normalized spacial score (nSPS) is 15.9. The fourth-order valence-corrected chi connectivity index (χ4v) is 5.01. The molecule has 2 aromatic rings. The van der Waals surface area contributed by atoms with Gasteiger partial charge in [-0.05, 0) is 74.1 Å². The summed E-state index contributed by atoms with van der Waals surface area (Å²) < 4.78 is 32.7. The molecule has 1 fully saturated rings. The van der Waals surface area contributed by atoms with E-state index in [2.05, 4.69) is 19.2 Å². The molecule has 0 spiro atoms. The Labute approximate surface area is 179 Å². The number of hydrogen-bond donors (Lipinski definition) is 1. The first-order valence-corrected chi connectivity index (χ1v) is 11.8. The predicted octanol–water partition coefficient (Wildman–Crippen LogP) is 4.31. The van der Waals surface area contributed by atoms with Crippen LogP contribution in [0.15, 0.2) is 47.4 Å². The Morgan fingerprint density at radius 3 is 2.27 bits per heavy atom. The number of rotatable bonds is 7. The highest BCUT2D eigenvalue weighted by molar-refractivity contribution is 7.89. The Bertz CT molecular complexity index is 994. The number of nitrogens with zero attached hydrogens (tertiary/aromatic N) is 1. The quantitative estimate of drug-likeness (QED) is 0.710. The van der Waals surface area contributed by atoms with Crippen molar-refractivity contribution in [2.45, 2.75) is 57.5 Å². The molecule has 0 aliphatic carbocycles. The SMILES string of the molecule is Cc1ccc(C(C)C)c(O[C@H](C)C(=O)Nc2ccc(S(=O)(=O)N3CCCC3)cc2)c1. The Hall–Kier alpha value is -2.38. The van der Waals surface area contributed by atoms with Crippen molar-refractivity contribution in [2.24, 2.45) is 0 Å². The number of benzene rings is 2. The minimum atomic E-state index is -3.46. The summed E-state index contributed by atoms with van der Waals surface area (Å²) >= 11 is 0. The van der Waals surface area contributed by atoms with E-state index in [4.69, 9.17) is 4.74 Å². The van der Waals surface area contributed by atoms with Crippen LogP contribution in [-0.2, 0) is 14.8 Å². The van der Waals surface area contributed by atoms with E-state index in [9.17, 15) is 13.2 Å². The topological polar surface area (TPSA) is 75.7 Å². The molecule has 6 nitrogen and oxygen atoms in total. The van der Waals surface area contributed by atoms with Crippen LogP contribution < -0.4 is 10.1 Å². The molecule has 3 rings (SSSR count). The summed E-state index contributed by atoms with van der Waals surface area (Å²) in [6, 6.07) is 12.3. The van der Waals surface area contributed by atoms with Crippen LogP contribution in [0.5, 0.6) is 5.75 Å². The van der Waals surface area contributed by atoms with Gasteiger partial charge in [-0.1, -0.05) is 26.0 Å². The van der Waals surface area contributed by atoms with Crippen molar-refractivity contribution in [1.82, 2.24) is 4.31 Å². The molecule has 0 unspecified atom stereocenters. The molecule has 1 N–H and O–H groups in total. The van der Waals surface area contributed by atoms with Gasteiger partial charge in [-0.2, -0.15) is 4.31 Å². The van der Waals surface area contributed by atoms with Gasteiger partial charge in [0, 0.05) is 18.8 Å². The van der Waals surface area contributed by atoms with Gasteiger partial charge in [0.25, 0.3) is 5.91 Å². The zero-order valence-electron chi connectivity index (χ0n) is 18.0. The lowest BCUT2D eigenvalue weighted by molar-refractivity contribution is -0.122. The Morgan fingerprint density at radius 1 is 1.03 bits per heavy atom. The number of nitrogens with one attached hydrogen (secondary N) is 1. The van der Waals surface area contributed by atoms with Gasteiger partial charge in [0.1, 0.15) is 5.75 Å². The molecular weight excluding hydrogens is 400 g/mol. The molecule has 0 saturated carbocycles. The van der Waals surface area contributed by atoms with E-state index in [1.807, 2.05) is 25.1 Å². The summed E-state index contributed by atoms with van der Waals surface area (Å²) in [4.78, 5) is 12.9. The number of sulfonamides is 1. The second-order valence-corrected chi connectivity index (χ2v) is 10.0. The van der Waals surface area contributed by atoms with Gasteiger partial charge in [-0.25, -0.2) is 8.42 Å². The molecule has 1 aliphatic heterocycles. The first kappa shape index (κ1) is 22.3. The van der Waals surface area contributed by atoms with Gasteiger partial charge in [0.15, 0.2) is 6.10 Å². The number of carbonyl (C=O) groups is 1. The summed E-state index contributed by atoms with van der Waals surface area (Å²) in [6.45, 7) is 8.98. The highest BCUT2D eigenvalue weighted by Gasteiger charge is 2.27. The van der Waals surface area contributed by atoms with Gasteiger partial charge >= 0.3 is 0 Å². The zero-order valence-corrected chi connectivity index (χ0v) is 18.8. The molecule has 162 valence electrons. The number of anilines is 1. The van der Waals surface area contributed by atoms with E-state index in [0.29, 0.717) is 24.5 Å².